The van der Waals surface area contributed by atoms with Gasteiger partial charge in [0.15, 0.2) is 5.82 Å². The molecule has 0 bridgehead atoms. The van der Waals surface area contributed by atoms with Gasteiger partial charge in [-0.25, -0.2) is 13.5 Å². The summed E-state index contributed by atoms with van der Waals surface area (Å²) in [4.78, 5) is 15.2. The maximum absolute atomic E-state index is 13.6. The van der Waals surface area contributed by atoms with E-state index < -0.39 is 11.6 Å². The first kappa shape index (κ1) is 27.7. The topological polar surface area (TPSA) is 99.6 Å². The zero-order valence-electron chi connectivity index (χ0n) is 21.3. The molecular formula is C26H33ClF2N8O. The third-order valence-electron chi connectivity index (χ3n) is 7.11. The number of anilines is 3. The Labute approximate surface area is 227 Å². The van der Waals surface area contributed by atoms with Gasteiger partial charge >= 0.3 is 0 Å². The van der Waals surface area contributed by atoms with Gasteiger partial charge in [0, 0.05) is 62.7 Å². The van der Waals surface area contributed by atoms with Crippen LogP contribution in [0.3, 0.4) is 0 Å². The second kappa shape index (κ2) is 12.1. The van der Waals surface area contributed by atoms with Gasteiger partial charge in [-0.2, -0.15) is 15.1 Å². The van der Waals surface area contributed by atoms with E-state index >= 15 is 0 Å². The average molecular weight is 547 g/mol. The number of piperazine rings is 1. The zero-order valence-corrected chi connectivity index (χ0v) is 22.1. The molecule has 0 spiro atoms. The van der Waals surface area contributed by atoms with Crippen LogP contribution in [0.4, 0.5) is 26.2 Å². The molecule has 0 unspecified atom stereocenters. The van der Waals surface area contributed by atoms with Gasteiger partial charge in [0.1, 0.15) is 17.5 Å². The number of aliphatic hydroxyl groups is 1. The van der Waals surface area contributed by atoms with Gasteiger partial charge < -0.3 is 20.6 Å². The van der Waals surface area contributed by atoms with Crippen LogP contribution in [0.1, 0.15) is 24.1 Å². The van der Waals surface area contributed by atoms with E-state index in [1.807, 2.05) is 24.0 Å². The van der Waals surface area contributed by atoms with E-state index in [4.69, 9.17) is 5.73 Å². The molecule has 0 aliphatic carbocycles. The molecule has 2 aliphatic rings. The first-order valence-electron chi connectivity index (χ1n) is 12.6. The lowest BCUT2D eigenvalue weighted by molar-refractivity contribution is 0.266. The highest BCUT2D eigenvalue weighted by Gasteiger charge is 2.26. The lowest BCUT2D eigenvalue weighted by Gasteiger charge is -2.35. The van der Waals surface area contributed by atoms with Crippen molar-refractivity contribution in [3.63, 3.8) is 0 Å². The molecule has 4 heterocycles. The Morgan fingerprint density at radius 3 is 2.45 bits per heavy atom. The van der Waals surface area contributed by atoms with Crippen molar-refractivity contribution in [3.8, 4) is 5.82 Å². The van der Waals surface area contributed by atoms with Gasteiger partial charge in [0.05, 0.1) is 24.5 Å². The van der Waals surface area contributed by atoms with E-state index in [0.29, 0.717) is 30.4 Å². The summed E-state index contributed by atoms with van der Waals surface area (Å²) in [6.07, 6.45) is 7.86. The average Bonchev–Trinajstić information content (AvgIpc) is 3.50. The summed E-state index contributed by atoms with van der Waals surface area (Å²) < 4.78 is 28.9. The number of aromatic nitrogens is 4. The Balaban J connectivity index is 0.00000336. The van der Waals surface area contributed by atoms with Crippen molar-refractivity contribution in [2.24, 2.45) is 0 Å². The molecule has 1 atom stereocenters. The molecule has 38 heavy (non-hydrogen) atoms. The monoisotopic (exact) mass is 546 g/mol. The molecule has 12 heteroatoms. The van der Waals surface area contributed by atoms with E-state index in [2.05, 4.69) is 30.9 Å². The number of nitrogen functional groups attached to an aromatic ring is 1. The Kier molecular flexibility index (Phi) is 8.80. The highest BCUT2D eigenvalue weighted by molar-refractivity contribution is 5.85. The minimum atomic E-state index is -0.553. The summed E-state index contributed by atoms with van der Waals surface area (Å²) in [7, 11) is 0. The van der Waals surface area contributed by atoms with Crippen LogP contribution in [0.15, 0.2) is 36.5 Å². The van der Waals surface area contributed by atoms with Gasteiger partial charge in [0.25, 0.3) is 0 Å². The minimum absolute atomic E-state index is 0. The highest BCUT2D eigenvalue weighted by Crippen LogP contribution is 2.26. The Hall–Kier alpha value is -3.28. The number of nitrogens with two attached hydrogens (primary N) is 1. The molecule has 204 valence electrons. The van der Waals surface area contributed by atoms with Gasteiger partial charge in [-0.05, 0) is 31.9 Å². The molecule has 1 aromatic carbocycles. The van der Waals surface area contributed by atoms with Crippen molar-refractivity contribution < 1.29 is 13.9 Å². The molecule has 3 N–H and O–H groups in total. The summed E-state index contributed by atoms with van der Waals surface area (Å²) in [6, 6.07) is 5.55. The fraction of sp³-hybridized carbons (Fsp3) is 0.423. The predicted octanol–water partition coefficient (Wildman–Crippen LogP) is 3.05. The van der Waals surface area contributed by atoms with Gasteiger partial charge in [-0.3, -0.25) is 4.90 Å². The molecule has 0 radical (unpaired) electrons. The normalized spacial score (nSPS) is 18.4. The van der Waals surface area contributed by atoms with Crippen LogP contribution in [0.2, 0.25) is 0 Å². The standard InChI is InChI=1S/C26H32F2N8O.ClH/c1-18-19(4-2-6-33-8-10-34(11-9-33)23-13-20(27)12-21(28)14-23)16-30-36(18)25-15-24(31-26(29)32-25)35-7-3-5-22(35)17-37;/h2,4,12-16,22,37H,3,5-11,17H2,1H3,(H2,29,31,32);1H/b4-2+;/t22-;/m1./s1. The fourth-order valence-corrected chi connectivity index (χ4v) is 5.08. The van der Waals surface area contributed by atoms with Crippen molar-refractivity contribution in [1.29, 1.82) is 0 Å². The molecule has 3 aromatic rings. The van der Waals surface area contributed by atoms with Crippen molar-refractivity contribution in [3.05, 3.63) is 59.4 Å². The largest absolute Gasteiger partial charge is 0.394 e. The quantitative estimate of drug-likeness (QED) is 0.466. The summed E-state index contributed by atoms with van der Waals surface area (Å²) in [5, 5.41) is 14.2. The first-order chi connectivity index (χ1) is 17.9. The van der Waals surface area contributed by atoms with E-state index in [0.717, 1.165) is 56.3 Å². The number of halogens is 3. The lowest BCUT2D eigenvalue weighted by Crippen LogP contribution is -2.46. The Morgan fingerprint density at radius 1 is 1.03 bits per heavy atom. The highest BCUT2D eigenvalue weighted by atomic mass is 35.5. The third kappa shape index (κ3) is 6.06. The summed E-state index contributed by atoms with van der Waals surface area (Å²) >= 11 is 0. The van der Waals surface area contributed by atoms with Crippen LogP contribution in [0.5, 0.6) is 0 Å². The van der Waals surface area contributed by atoms with Gasteiger partial charge in [-0.15, -0.1) is 12.4 Å². The van der Waals surface area contributed by atoms with Gasteiger partial charge in [-0.1, -0.05) is 12.2 Å². The van der Waals surface area contributed by atoms with E-state index in [-0.39, 0.29) is 31.0 Å². The second-order valence-corrected chi connectivity index (χ2v) is 9.53. The summed E-state index contributed by atoms with van der Waals surface area (Å²) in [5.74, 6) is 0.354. The van der Waals surface area contributed by atoms with Crippen LogP contribution >= 0.6 is 12.4 Å². The molecular weight excluding hydrogens is 514 g/mol. The Morgan fingerprint density at radius 2 is 1.74 bits per heavy atom. The van der Waals surface area contributed by atoms with Crippen molar-refractivity contribution in [2.45, 2.75) is 25.8 Å². The van der Waals surface area contributed by atoms with Crippen LogP contribution in [-0.4, -0.2) is 81.7 Å². The van der Waals surface area contributed by atoms with Crippen LogP contribution in [0, 0.1) is 18.6 Å². The van der Waals surface area contributed by atoms with Crippen LogP contribution in [0.25, 0.3) is 11.9 Å². The second-order valence-electron chi connectivity index (χ2n) is 9.53. The van der Waals surface area contributed by atoms with Crippen molar-refractivity contribution >= 4 is 35.9 Å². The SMILES string of the molecule is Cc1c(/C=C/CN2CCN(c3cc(F)cc(F)c3)CC2)cnn1-c1cc(N2CCC[C@@H]2CO)nc(N)n1.Cl. The molecule has 2 saturated heterocycles. The molecule has 2 fully saturated rings. The molecule has 2 aliphatic heterocycles. The van der Waals surface area contributed by atoms with E-state index in [1.54, 1.807) is 10.9 Å². The number of aliphatic hydroxyl groups excluding tert-OH is 1. The van der Waals surface area contributed by atoms with Gasteiger partial charge in [0.2, 0.25) is 5.95 Å². The zero-order chi connectivity index (χ0) is 25.9. The van der Waals surface area contributed by atoms with Crippen molar-refractivity contribution in [2.75, 3.05) is 61.4 Å². The Bertz CT molecular complexity index is 1260. The first-order valence-corrected chi connectivity index (χ1v) is 12.6. The molecule has 5 rings (SSSR count). The molecule has 0 saturated carbocycles. The third-order valence-corrected chi connectivity index (χ3v) is 7.11. The predicted molar refractivity (Wildman–Crippen MR) is 147 cm³/mol. The number of benzene rings is 1. The van der Waals surface area contributed by atoms with E-state index in [1.165, 1.54) is 12.1 Å². The molecule has 0 amide bonds. The lowest BCUT2D eigenvalue weighted by atomic mass is 10.2. The maximum Gasteiger partial charge on any atom is 0.224 e. The van der Waals surface area contributed by atoms with Crippen molar-refractivity contribution in [1.82, 2.24) is 24.6 Å². The maximum atomic E-state index is 13.6. The molecule has 2 aromatic heterocycles. The van der Waals surface area contributed by atoms with Crippen LogP contribution < -0.4 is 15.5 Å². The fourth-order valence-electron chi connectivity index (χ4n) is 5.08. The summed E-state index contributed by atoms with van der Waals surface area (Å²) in [6.45, 7) is 6.66. The number of hydrogen-bond acceptors (Lipinski definition) is 8. The van der Waals surface area contributed by atoms with Crippen LogP contribution in [-0.2, 0) is 0 Å². The molecule has 9 nitrogen and oxygen atoms in total. The minimum Gasteiger partial charge on any atom is -0.394 e. The van der Waals surface area contributed by atoms with E-state index in [9.17, 15) is 13.9 Å². The summed E-state index contributed by atoms with van der Waals surface area (Å²) in [5.41, 5.74) is 8.51. The number of hydrogen-bond donors (Lipinski definition) is 2. The number of nitrogens with zero attached hydrogens (tertiary/aromatic N) is 7. The number of rotatable bonds is 7. The smallest absolute Gasteiger partial charge is 0.224 e.